The number of allylic oxidation sites excluding steroid dienone is 4. The highest BCUT2D eigenvalue weighted by Gasteiger charge is 2.22. The summed E-state index contributed by atoms with van der Waals surface area (Å²) in [6.45, 7) is 12.8. The highest BCUT2D eigenvalue weighted by Crippen LogP contribution is 2.38. The van der Waals surface area contributed by atoms with Crippen molar-refractivity contribution in [3.05, 3.63) is 75.9 Å². The van der Waals surface area contributed by atoms with Crippen LogP contribution in [0, 0.1) is 19.4 Å². The van der Waals surface area contributed by atoms with Gasteiger partial charge in [0, 0.05) is 40.5 Å². The second-order valence-corrected chi connectivity index (χ2v) is 11.9. The van der Waals surface area contributed by atoms with E-state index >= 15 is 0 Å². The largest absolute Gasteiger partial charge is 0.469 e. The first-order valence-corrected chi connectivity index (χ1v) is 15.8. The number of carbonyl (C=O) groups is 2. The summed E-state index contributed by atoms with van der Waals surface area (Å²) in [7, 11) is 2.79. The number of carbonyl (C=O) groups excluding carboxylic acids is 2. The summed E-state index contributed by atoms with van der Waals surface area (Å²) in [5.74, 6) is -0.569. The second kappa shape index (κ2) is 14.1. The lowest BCUT2D eigenvalue weighted by molar-refractivity contribution is -0.141. The number of rotatable bonds is 11. The highest BCUT2D eigenvalue weighted by molar-refractivity contribution is 5.96. The molecule has 47 heavy (non-hydrogen) atoms. The fourth-order valence-corrected chi connectivity index (χ4v) is 6.39. The Balaban J connectivity index is 1.87. The fraction of sp³-hybridized carbons (Fsp3) is 0.351. The summed E-state index contributed by atoms with van der Waals surface area (Å²) < 4.78 is 9.92. The Hall–Kier alpha value is -5.12. The van der Waals surface area contributed by atoms with Crippen LogP contribution in [-0.4, -0.2) is 52.6 Å². The average molecular weight is 635 g/mol. The molecule has 3 aromatic heterocycles. The summed E-state index contributed by atoms with van der Waals surface area (Å²) in [6, 6.07) is 8.20. The van der Waals surface area contributed by atoms with Gasteiger partial charge in [-0.25, -0.2) is 15.5 Å². The number of aromatic nitrogens is 4. The van der Waals surface area contributed by atoms with E-state index in [1.54, 1.807) is 0 Å². The van der Waals surface area contributed by atoms with E-state index in [0.29, 0.717) is 19.4 Å². The Morgan fingerprint density at radius 3 is 1.91 bits per heavy atom. The number of nitrogens with zero attached hydrogens (tertiary/aromatic N) is 3. The van der Waals surface area contributed by atoms with Crippen LogP contribution in [0.5, 0.6) is 0 Å². The van der Waals surface area contributed by atoms with Gasteiger partial charge < -0.3 is 19.4 Å². The Labute approximate surface area is 274 Å². The molecule has 0 spiro atoms. The van der Waals surface area contributed by atoms with Gasteiger partial charge in [-0.3, -0.25) is 9.59 Å². The zero-order chi connectivity index (χ0) is 33.8. The molecule has 3 aromatic rings. The molecule has 5 heterocycles. The Morgan fingerprint density at radius 2 is 1.32 bits per heavy atom. The molecule has 0 amide bonds. The molecule has 10 nitrogen and oxygen atoms in total. The first-order valence-electron chi connectivity index (χ1n) is 15.8. The normalized spacial score (nSPS) is 12.8. The van der Waals surface area contributed by atoms with Crippen LogP contribution in [-0.2, 0) is 25.5 Å². The quantitative estimate of drug-likeness (QED) is 0.110. The van der Waals surface area contributed by atoms with Crippen LogP contribution in [0.3, 0.4) is 0 Å². The molecule has 2 aliphatic heterocycles. The molecule has 0 atom stereocenters. The Kier molecular flexibility index (Phi) is 9.98. The molecule has 244 valence electrons. The van der Waals surface area contributed by atoms with E-state index in [2.05, 4.69) is 47.6 Å². The zero-order valence-corrected chi connectivity index (χ0v) is 28.0. The molecule has 0 unspecified atom stereocenters. The number of nitrogens with one attached hydrogen (secondary N) is 3. The number of aromatic amines is 2. The van der Waals surface area contributed by atoms with Gasteiger partial charge in [0.15, 0.2) is 0 Å². The zero-order valence-electron chi connectivity index (χ0n) is 28.0. The Bertz CT molecular complexity index is 2010. The van der Waals surface area contributed by atoms with E-state index in [1.807, 2.05) is 32.1 Å². The molecular formula is C37H42N6O4. The van der Waals surface area contributed by atoms with E-state index in [-0.39, 0.29) is 24.8 Å². The van der Waals surface area contributed by atoms with Crippen molar-refractivity contribution in [2.45, 2.75) is 66.2 Å². The predicted octanol–water partition coefficient (Wildman–Crippen LogP) is 8.31. The third-order valence-corrected chi connectivity index (χ3v) is 9.23. The minimum absolute atomic E-state index is 0.220. The number of methoxy groups -OCH3 is 2. The molecule has 0 saturated heterocycles. The fourth-order valence-electron chi connectivity index (χ4n) is 6.39. The van der Waals surface area contributed by atoms with Crippen molar-refractivity contribution in [2.24, 2.45) is 5.11 Å². The van der Waals surface area contributed by atoms with Crippen molar-refractivity contribution >= 4 is 62.4 Å². The molecule has 3 N–H and O–H groups in total. The first-order chi connectivity index (χ1) is 22.6. The molecule has 0 saturated carbocycles. The molecule has 5 rings (SSSR count). The molecule has 0 radical (unpaired) electrons. The number of fused-ring (bicyclic) bond motifs is 8. The van der Waals surface area contributed by atoms with Gasteiger partial charge in [0.25, 0.3) is 0 Å². The van der Waals surface area contributed by atoms with E-state index in [0.717, 1.165) is 102 Å². The summed E-state index contributed by atoms with van der Waals surface area (Å²) >= 11 is 0. The summed E-state index contributed by atoms with van der Waals surface area (Å²) in [6.07, 6.45) is 4.74. The maximum atomic E-state index is 12.2. The molecule has 0 aromatic carbocycles. The number of hydrogen-bond donors (Lipinski definition) is 3. The van der Waals surface area contributed by atoms with E-state index < -0.39 is 0 Å². The first kappa shape index (κ1) is 33.2. The minimum atomic E-state index is -0.289. The van der Waals surface area contributed by atoms with E-state index in [9.17, 15) is 9.59 Å². The van der Waals surface area contributed by atoms with Gasteiger partial charge in [0.1, 0.15) is 0 Å². The third kappa shape index (κ3) is 6.72. The van der Waals surface area contributed by atoms with Crippen molar-refractivity contribution in [2.75, 3.05) is 20.8 Å². The smallest absolute Gasteiger partial charge is 0.305 e. The maximum Gasteiger partial charge on any atom is 0.305 e. The number of aryl methyl sites for hydroxylation is 3. The van der Waals surface area contributed by atoms with Crippen molar-refractivity contribution < 1.29 is 19.1 Å². The van der Waals surface area contributed by atoms with Crippen molar-refractivity contribution in [3.8, 4) is 0 Å². The summed E-state index contributed by atoms with van der Waals surface area (Å²) in [4.78, 5) is 41.8. The van der Waals surface area contributed by atoms with E-state index in [1.165, 1.54) is 14.2 Å². The van der Waals surface area contributed by atoms with Gasteiger partial charge in [0.05, 0.1) is 43.5 Å². The van der Waals surface area contributed by atoms with Crippen molar-refractivity contribution in [3.63, 3.8) is 0 Å². The van der Waals surface area contributed by atoms with Crippen LogP contribution in [0.4, 0.5) is 0 Å². The van der Waals surface area contributed by atoms with Crippen molar-refractivity contribution in [1.82, 2.24) is 19.9 Å². The third-order valence-electron chi connectivity index (χ3n) is 9.23. The van der Waals surface area contributed by atoms with Gasteiger partial charge in [-0.05, 0) is 117 Å². The van der Waals surface area contributed by atoms with Crippen LogP contribution in [0.1, 0.15) is 91.0 Å². The number of H-pyrrole nitrogens is 2. The van der Waals surface area contributed by atoms with Gasteiger partial charge in [0.2, 0.25) is 0 Å². The molecule has 2 aliphatic rings. The topological polar surface area (TPSA) is 146 Å². The highest BCUT2D eigenvalue weighted by atomic mass is 16.5. The van der Waals surface area contributed by atoms with Crippen molar-refractivity contribution in [1.29, 1.82) is 5.53 Å². The monoisotopic (exact) mass is 634 g/mol. The second-order valence-electron chi connectivity index (χ2n) is 11.9. The van der Waals surface area contributed by atoms with Crippen LogP contribution < -0.4 is 0 Å². The molecule has 0 fully saturated rings. The van der Waals surface area contributed by atoms with Gasteiger partial charge in [-0.15, -0.1) is 0 Å². The predicted molar refractivity (Wildman–Crippen MR) is 186 cm³/mol. The van der Waals surface area contributed by atoms with Gasteiger partial charge in [-0.1, -0.05) is 12.7 Å². The molecule has 10 heteroatoms. The van der Waals surface area contributed by atoms with Gasteiger partial charge in [-0.2, -0.15) is 5.11 Å². The van der Waals surface area contributed by atoms with Crippen LogP contribution in [0.25, 0.3) is 50.4 Å². The average Bonchev–Trinajstić information content (AvgIpc) is 3.72. The number of hydrogen-bond acceptors (Lipinski definition) is 8. The lowest BCUT2D eigenvalue weighted by Crippen LogP contribution is -2.02. The maximum absolute atomic E-state index is 12.2. The Morgan fingerprint density at radius 1 is 0.766 bits per heavy atom. The number of esters is 2. The molecule has 8 bridgehead atoms. The minimum Gasteiger partial charge on any atom is -0.469 e. The standard InChI is InChI=1S/C37H42N6O4/c1-8-24-20(2)30-18-33-25(10-9-15-39-38)21(3)28(41-33)16-29-22(4)26(11-13-36(44)46-6)34(42-29)19-35-27(12-14-37(45)47-7)23(5)31(43-35)17-32(24)40-30/h8,16-19,38,40,43H,1,9-15H2,2-7H3. The SMILES string of the molecule is C=Cc1c(C)c2cc3nc(cc4nc(cc5[nH]c(cc1[nH]2)c(C)c5CCC(=O)OC)C(CCC(=O)OC)=C4C)C(C)=C3CCCN=N. The van der Waals surface area contributed by atoms with Crippen LogP contribution in [0.2, 0.25) is 0 Å². The van der Waals surface area contributed by atoms with Crippen LogP contribution in [0.15, 0.2) is 36.0 Å². The summed E-state index contributed by atoms with van der Waals surface area (Å²) in [5, 5.41) is 3.57. The van der Waals surface area contributed by atoms with Crippen LogP contribution >= 0.6 is 0 Å². The van der Waals surface area contributed by atoms with Gasteiger partial charge >= 0.3 is 11.9 Å². The lowest BCUT2D eigenvalue weighted by Gasteiger charge is -2.05. The number of ether oxygens (including phenoxy) is 2. The lowest BCUT2D eigenvalue weighted by atomic mass is 9.99. The molecular weight excluding hydrogens is 592 g/mol. The molecule has 0 aliphatic carbocycles. The van der Waals surface area contributed by atoms with E-state index in [4.69, 9.17) is 25.0 Å². The summed E-state index contributed by atoms with van der Waals surface area (Å²) in [5.41, 5.74) is 22.2.